The summed E-state index contributed by atoms with van der Waals surface area (Å²) in [5, 5.41) is 12.5. The highest BCUT2D eigenvalue weighted by molar-refractivity contribution is 5.92. The molecule has 0 atom stereocenters. The quantitative estimate of drug-likeness (QED) is 0.660. The Bertz CT molecular complexity index is 484. The van der Waals surface area contributed by atoms with Crippen molar-refractivity contribution in [3.05, 3.63) is 18.2 Å². The van der Waals surface area contributed by atoms with E-state index in [4.69, 9.17) is 10.5 Å². The monoisotopic (exact) mass is 295 g/mol. The molecule has 0 aliphatic heterocycles. The highest BCUT2D eigenvalue weighted by atomic mass is 16.5. The summed E-state index contributed by atoms with van der Waals surface area (Å²) in [6.07, 6.45) is 0.333. The van der Waals surface area contributed by atoms with Crippen LogP contribution in [-0.4, -0.2) is 48.8 Å². The average Bonchev–Trinajstić information content (AvgIpc) is 2.36. The molecule has 0 saturated heterocycles. The maximum absolute atomic E-state index is 11.9. The zero-order chi connectivity index (χ0) is 16.0. The zero-order valence-electron chi connectivity index (χ0n) is 13.1. The number of rotatable bonds is 7. The van der Waals surface area contributed by atoms with Crippen molar-refractivity contribution in [2.75, 3.05) is 38.3 Å². The van der Waals surface area contributed by atoms with Gasteiger partial charge in [0.25, 0.3) is 0 Å². The summed E-state index contributed by atoms with van der Waals surface area (Å²) >= 11 is 0. The first-order valence-electron chi connectivity index (χ1n) is 6.85. The lowest BCUT2D eigenvalue weighted by Gasteiger charge is -2.25. The van der Waals surface area contributed by atoms with Crippen LogP contribution in [0.15, 0.2) is 18.2 Å². The summed E-state index contributed by atoms with van der Waals surface area (Å²) in [7, 11) is 3.40. The van der Waals surface area contributed by atoms with Crippen molar-refractivity contribution < 1.29 is 14.6 Å². The van der Waals surface area contributed by atoms with E-state index < -0.39 is 5.60 Å². The van der Waals surface area contributed by atoms with E-state index in [2.05, 4.69) is 5.32 Å². The van der Waals surface area contributed by atoms with Crippen LogP contribution in [0.4, 0.5) is 11.4 Å². The van der Waals surface area contributed by atoms with Crippen LogP contribution >= 0.6 is 0 Å². The van der Waals surface area contributed by atoms with Gasteiger partial charge in [-0.1, -0.05) is 0 Å². The molecule has 1 rings (SSSR count). The Balaban J connectivity index is 2.51. The maximum atomic E-state index is 11.9. The second-order valence-electron chi connectivity index (χ2n) is 5.81. The Morgan fingerprint density at radius 1 is 1.48 bits per heavy atom. The molecule has 0 radical (unpaired) electrons. The average molecular weight is 295 g/mol. The number of carbonyl (C=O) groups excluding carboxylic acids is 1. The van der Waals surface area contributed by atoms with Gasteiger partial charge in [-0.3, -0.25) is 4.79 Å². The van der Waals surface area contributed by atoms with Gasteiger partial charge < -0.3 is 25.8 Å². The number of nitrogens with zero attached hydrogens (tertiary/aromatic N) is 1. The number of methoxy groups -OCH3 is 1. The second kappa shape index (κ2) is 7.28. The van der Waals surface area contributed by atoms with E-state index in [9.17, 15) is 9.90 Å². The largest absolute Gasteiger partial charge is 0.494 e. The summed E-state index contributed by atoms with van der Waals surface area (Å²) in [5.41, 5.74) is 6.07. The number of hydrogen-bond acceptors (Lipinski definition) is 5. The second-order valence-corrected chi connectivity index (χ2v) is 5.81. The van der Waals surface area contributed by atoms with Gasteiger partial charge in [0.05, 0.1) is 18.4 Å². The van der Waals surface area contributed by atoms with E-state index in [0.29, 0.717) is 36.6 Å². The Labute approximate surface area is 125 Å². The zero-order valence-corrected chi connectivity index (χ0v) is 13.1. The number of nitrogens with one attached hydrogen (secondary N) is 1. The Hall–Kier alpha value is -1.79. The fourth-order valence-electron chi connectivity index (χ4n) is 2.06. The Kier molecular flexibility index (Phi) is 5.99. The minimum Gasteiger partial charge on any atom is -0.494 e. The molecule has 1 aromatic carbocycles. The number of benzene rings is 1. The number of ether oxygens (including phenoxy) is 1. The highest BCUT2D eigenvalue weighted by Gasteiger charge is 2.16. The normalized spacial score (nSPS) is 11.5. The van der Waals surface area contributed by atoms with Crippen LogP contribution in [-0.2, 0) is 4.79 Å². The van der Waals surface area contributed by atoms with Crippen molar-refractivity contribution in [2.24, 2.45) is 0 Å². The van der Waals surface area contributed by atoms with Gasteiger partial charge >= 0.3 is 0 Å². The molecule has 0 aromatic heterocycles. The molecule has 118 valence electrons. The summed E-state index contributed by atoms with van der Waals surface area (Å²) in [5.74, 6) is 0.425. The molecule has 0 aliphatic rings. The topological polar surface area (TPSA) is 87.8 Å². The van der Waals surface area contributed by atoms with Crippen molar-refractivity contribution in [1.29, 1.82) is 0 Å². The van der Waals surface area contributed by atoms with Crippen molar-refractivity contribution in [3.63, 3.8) is 0 Å². The number of carbonyl (C=O) groups is 1. The van der Waals surface area contributed by atoms with Gasteiger partial charge in [0.15, 0.2) is 0 Å². The van der Waals surface area contributed by atoms with Crippen LogP contribution in [0.1, 0.15) is 20.3 Å². The molecule has 0 saturated carbocycles. The van der Waals surface area contributed by atoms with Crippen molar-refractivity contribution >= 4 is 17.3 Å². The first kappa shape index (κ1) is 17.3. The minimum atomic E-state index is -0.772. The summed E-state index contributed by atoms with van der Waals surface area (Å²) in [6.45, 7) is 4.55. The van der Waals surface area contributed by atoms with Crippen molar-refractivity contribution in [3.8, 4) is 5.75 Å². The van der Waals surface area contributed by atoms with E-state index in [-0.39, 0.29) is 5.91 Å². The molecule has 0 unspecified atom stereocenters. The van der Waals surface area contributed by atoms with E-state index in [1.165, 1.54) is 7.11 Å². The lowest BCUT2D eigenvalue weighted by atomic mass is 10.1. The van der Waals surface area contributed by atoms with Gasteiger partial charge in [0.1, 0.15) is 5.75 Å². The third kappa shape index (κ3) is 6.46. The number of nitrogens with two attached hydrogens (primary N) is 1. The predicted octanol–water partition coefficient (Wildman–Crippen LogP) is 1.31. The molecule has 1 aromatic rings. The molecule has 0 aliphatic carbocycles. The van der Waals surface area contributed by atoms with Crippen LogP contribution < -0.4 is 15.8 Å². The number of hydrogen-bond donors (Lipinski definition) is 3. The van der Waals surface area contributed by atoms with Gasteiger partial charge in [0, 0.05) is 31.3 Å². The third-order valence-corrected chi connectivity index (χ3v) is 2.88. The number of nitrogen functional groups attached to an aromatic ring is 1. The van der Waals surface area contributed by atoms with Crippen LogP contribution in [0, 0.1) is 0 Å². The Morgan fingerprint density at radius 2 is 2.14 bits per heavy atom. The molecule has 0 spiro atoms. The van der Waals surface area contributed by atoms with E-state index in [1.807, 2.05) is 11.9 Å². The number of amides is 1. The van der Waals surface area contributed by atoms with Crippen LogP contribution in [0.2, 0.25) is 0 Å². The SMILES string of the molecule is COc1cc(N)ccc1NC(=O)CCN(C)CC(C)(C)O. The maximum Gasteiger partial charge on any atom is 0.225 e. The molecule has 6 heteroatoms. The third-order valence-electron chi connectivity index (χ3n) is 2.88. The molecule has 0 fully saturated rings. The highest BCUT2D eigenvalue weighted by Crippen LogP contribution is 2.26. The summed E-state index contributed by atoms with van der Waals surface area (Å²) in [4.78, 5) is 13.9. The van der Waals surface area contributed by atoms with Crippen LogP contribution in [0.25, 0.3) is 0 Å². The molecular formula is C15H25N3O3. The van der Waals surface area contributed by atoms with Gasteiger partial charge in [-0.25, -0.2) is 0 Å². The van der Waals surface area contributed by atoms with Gasteiger partial charge in [-0.15, -0.1) is 0 Å². The fourth-order valence-corrected chi connectivity index (χ4v) is 2.06. The number of anilines is 2. The van der Waals surface area contributed by atoms with E-state index in [0.717, 1.165) is 0 Å². The van der Waals surface area contributed by atoms with Gasteiger partial charge in [-0.2, -0.15) is 0 Å². The van der Waals surface area contributed by atoms with Crippen molar-refractivity contribution in [2.45, 2.75) is 25.9 Å². The van der Waals surface area contributed by atoms with E-state index >= 15 is 0 Å². The number of likely N-dealkylation sites (N-methyl/N-ethyl adjacent to an activating group) is 1. The summed E-state index contributed by atoms with van der Waals surface area (Å²) in [6, 6.07) is 5.08. The Morgan fingerprint density at radius 3 is 2.71 bits per heavy atom. The lowest BCUT2D eigenvalue weighted by Crippen LogP contribution is -2.37. The first-order chi connectivity index (χ1) is 9.71. The molecule has 0 heterocycles. The molecular weight excluding hydrogens is 270 g/mol. The minimum absolute atomic E-state index is 0.110. The molecule has 21 heavy (non-hydrogen) atoms. The summed E-state index contributed by atoms with van der Waals surface area (Å²) < 4.78 is 5.18. The van der Waals surface area contributed by atoms with Gasteiger partial charge in [0.2, 0.25) is 5.91 Å². The van der Waals surface area contributed by atoms with E-state index in [1.54, 1.807) is 32.0 Å². The van der Waals surface area contributed by atoms with Crippen LogP contribution in [0.5, 0.6) is 5.75 Å². The molecule has 6 nitrogen and oxygen atoms in total. The lowest BCUT2D eigenvalue weighted by molar-refractivity contribution is -0.116. The molecule has 4 N–H and O–H groups in total. The number of aliphatic hydroxyl groups is 1. The van der Waals surface area contributed by atoms with Crippen molar-refractivity contribution in [1.82, 2.24) is 4.90 Å². The fraction of sp³-hybridized carbons (Fsp3) is 0.533. The standard InChI is InChI=1S/C15H25N3O3/c1-15(2,20)10-18(3)8-7-14(19)17-12-6-5-11(16)9-13(12)21-4/h5-6,9,20H,7-8,10,16H2,1-4H3,(H,17,19). The smallest absolute Gasteiger partial charge is 0.225 e. The van der Waals surface area contributed by atoms with Gasteiger partial charge in [-0.05, 0) is 33.0 Å². The molecule has 1 amide bonds. The predicted molar refractivity (Wildman–Crippen MR) is 84.4 cm³/mol. The molecule has 0 bridgehead atoms. The van der Waals surface area contributed by atoms with Crippen LogP contribution in [0.3, 0.4) is 0 Å². The first-order valence-corrected chi connectivity index (χ1v) is 6.85.